The molecule has 0 saturated heterocycles. The van der Waals surface area contributed by atoms with Gasteiger partial charge in [0.1, 0.15) is 12.4 Å². The van der Waals surface area contributed by atoms with Crippen LogP contribution in [0.1, 0.15) is 22.8 Å². The summed E-state index contributed by atoms with van der Waals surface area (Å²) >= 11 is 6.13. The van der Waals surface area contributed by atoms with Gasteiger partial charge in [0.15, 0.2) is 5.84 Å². The zero-order valence-corrected chi connectivity index (χ0v) is 17.5. The third-order valence-electron chi connectivity index (χ3n) is 3.80. The molecule has 0 spiro atoms. The molecule has 158 valence electrons. The van der Waals surface area contributed by atoms with Crippen molar-refractivity contribution in [3.63, 3.8) is 0 Å². The van der Waals surface area contributed by atoms with E-state index in [1.165, 1.54) is 6.07 Å². The molecule has 4 N–H and O–H groups in total. The molecule has 2 aromatic rings. The number of hydrogen-bond acceptors (Lipinski definition) is 7. The maximum absolute atomic E-state index is 12.5. The van der Waals surface area contributed by atoms with Gasteiger partial charge >= 0.3 is 0 Å². The molecule has 0 bridgehead atoms. The zero-order chi connectivity index (χ0) is 21.9. The largest absolute Gasteiger partial charge is 0.490 e. The summed E-state index contributed by atoms with van der Waals surface area (Å²) < 4.78 is 5.28. The number of aryl methyl sites for hydroxylation is 1. The van der Waals surface area contributed by atoms with Crippen LogP contribution < -0.4 is 21.0 Å². The first-order valence-corrected chi connectivity index (χ1v) is 9.49. The molecule has 0 heterocycles. The van der Waals surface area contributed by atoms with Crippen LogP contribution in [0.25, 0.3) is 0 Å². The minimum absolute atomic E-state index is 0.117. The molecule has 9 heteroatoms. The van der Waals surface area contributed by atoms with Gasteiger partial charge in [-0.2, -0.15) is 0 Å². The highest BCUT2D eigenvalue weighted by Crippen LogP contribution is 2.26. The van der Waals surface area contributed by atoms with E-state index in [1.54, 1.807) is 31.2 Å². The van der Waals surface area contributed by atoms with E-state index < -0.39 is 5.91 Å². The number of amidine groups is 1. The van der Waals surface area contributed by atoms with Gasteiger partial charge in [-0.1, -0.05) is 23.7 Å². The van der Waals surface area contributed by atoms with Gasteiger partial charge in [0.25, 0.3) is 5.91 Å². The molecule has 0 aliphatic rings. The number of rotatable bonds is 9. The number of hydrogen-bond donors (Lipinski definition) is 4. The molecule has 30 heavy (non-hydrogen) atoms. The van der Waals surface area contributed by atoms with Crippen molar-refractivity contribution >= 4 is 41.4 Å². The predicted molar refractivity (Wildman–Crippen MR) is 121 cm³/mol. The van der Waals surface area contributed by atoms with Crippen molar-refractivity contribution in [3.8, 4) is 5.75 Å². The number of carbonyl (C=O) groups excluding carboxylic acids is 1. The molecule has 0 aliphatic heterocycles. The number of aliphatic hydroxyl groups excluding tert-OH is 1. The molecular formula is C21H24ClN5O3. The van der Waals surface area contributed by atoms with Crippen molar-refractivity contribution in [2.45, 2.75) is 13.8 Å². The molecule has 0 aliphatic carbocycles. The number of carbonyl (C=O) groups is 1. The maximum atomic E-state index is 12.5. The lowest BCUT2D eigenvalue weighted by Crippen LogP contribution is -2.31. The smallest absolute Gasteiger partial charge is 0.256 e. The summed E-state index contributed by atoms with van der Waals surface area (Å²) in [5.41, 5.74) is 8.36. The third kappa shape index (κ3) is 6.61. The molecule has 2 rings (SSSR count). The highest BCUT2D eigenvalue weighted by molar-refractivity contribution is 6.32. The van der Waals surface area contributed by atoms with E-state index >= 15 is 0 Å². The minimum atomic E-state index is -0.395. The second-order valence-electron chi connectivity index (χ2n) is 6.08. The minimum Gasteiger partial charge on any atom is -0.490 e. The number of amides is 1. The van der Waals surface area contributed by atoms with Crippen LogP contribution in [0.3, 0.4) is 0 Å². The average molecular weight is 430 g/mol. The van der Waals surface area contributed by atoms with E-state index in [0.29, 0.717) is 22.7 Å². The number of hydrazone groups is 1. The summed E-state index contributed by atoms with van der Waals surface area (Å²) in [5, 5.41) is 15.9. The number of aliphatic imine (C=N–C) groups is 1. The highest BCUT2D eigenvalue weighted by atomic mass is 35.5. The summed E-state index contributed by atoms with van der Waals surface area (Å²) in [6, 6.07) is 10.3. The highest BCUT2D eigenvalue weighted by Gasteiger charge is 2.11. The second-order valence-corrected chi connectivity index (χ2v) is 6.49. The van der Waals surface area contributed by atoms with Gasteiger partial charge in [0.05, 0.1) is 23.0 Å². The summed E-state index contributed by atoms with van der Waals surface area (Å²) in [4.78, 5) is 16.5. The van der Waals surface area contributed by atoms with Gasteiger partial charge in [-0.3, -0.25) is 15.2 Å². The number of ether oxygens (including phenoxy) is 1. The number of anilines is 1. The Labute approximate surface area is 180 Å². The average Bonchev–Trinajstić information content (AvgIpc) is 2.73. The maximum Gasteiger partial charge on any atom is 0.256 e. The van der Waals surface area contributed by atoms with Crippen LogP contribution in [-0.2, 0) is 0 Å². The fourth-order valence-electron chi connectivity index (χ4n) is 2.39. The molecule has 0 aromatic heterocycles. The Morgan fingerprint density at radius 3 is 2.77 bits per heavy atom. The lowest BCUT2D eigenvalue weighted by Gasteiger charge is -2.11. The fraction of sp³-hybridized carbons (Fsp3) is 0.190. The van der Waals surface area contributed by atoms with E-state index in [1.807, 2.05) is 25.1 Å². The van der Waals surface area contributed by atoms with Crippen molar-refractivity contribution in [1.82, 2.24) is 10.9 Å². The Morgan fingerprint density at radius 2 is 2.10 bits per heavy atom. The van der Waals surface area contributed by atoms with Crippen LogP contribution in [0.2, 0.25) is 5.02 Å². The summed E-state index contributed by atoms with van der Waals surface area (Å²) in [5.74, 6) is 0.278. The Balaban J connectivity index is 2.06. The van der Waals surface area contributed by atoms with Crippen LogP contribution in [0.5, 0.6) is 5.75 Å². The molecule has 1 amide bonds. The first-order valence-electron chi connectivity index (χ1n) is 9.11. The topological polar surface area (TPSA) is 107 Å². The Hall–Kier alpha value is -3.36. The standard InChI is InChI=1S/C21H24ClN5O3/c1-4-5-20(26-27-25-17-8-6-14(2)12-18(17)23-3)24-21(29)15-7-9-19(16(22)13-15)30-11-10-28/h4-9,12-13,25,27-28H,3,10-11H2,1-2H3,(H,24,26,29)/b5-4+. The molecule has 0 unspecified atom stereocenters. The van der Waals surface area contributed by atoms with Crippen LogP contribution >= 0.6 is 11.6 Å². The normalized spacial score (nSPS) is 11.3. The first-order chi connectivity index (χ1) is 14.5. The van der Waals surface area contributed by atoms with Gasteiger partial charge in [-0.05, 0) is 62.5 Å². The predicted octanol–water partition coefficient (Wildman–Crippen LogP) is 3.59. The second kappa shape index (κ2) is 11.6. The van der Waals surface area contributed by atoms with Crippen LogP contribution in [0.15, 0.2) is 58.6 Å². The van der Waals surface area contributed by atoms with Crippen LogP contribution in [0.4, 0.5) is 11.4 Å². The molecule has 2 aromatic carbocycles. The molecule has 0 saturated carbocycles. The quantitative estimate of drug-likeness (QED) is 0.277. The van der Waals surface area contributed by atoms with Crippen LogP contribution in [-0.4, -0.2) is 36.8 Å². The number of nitrogens with zero attached hydrogens (tertiary/aromatic N) is 2. The number of aliphatic hydroxyl groups is 1. The van der Waals surface area contributed by atoms with Crippen molar-refractivity contribution in [2.75, 3.05) is 18.6 Å². The van der Waals surface area contributed by atoms with E-state index in [2.05, 4.69) is 33.1 Å². The molecule has 0 fully saturated rings. The molecular weight excluding hydrogens is 406 g/mol. The van der Waals surface area contributed by atoms with Crippen molar-refractivity contribution in [1.29, 1.82) is 0 Å². The fourth-order valence-corrected chi connectivity index (χ4v) is 2.63. The van der Waals surface area contributed by atoms with Gasteiger partial charge in [0, 0.05) is 5.56 Å². The molecule has 8 nitrogen and oxygen atoms in total. The van der Waals surface area contributed by atoms with Gasteiger partial charge in [-0.15, -0.1) is 5.10 Å². The summed E-state index contributed by atoms with van der Waals surface area (Å²) in [6.07, 6.45) is 3.37. The Morgan fingerprint density at radius 1 is 1.30 bits per heavy atom. The Kier molecular flexibility index (Phi) is 8.86. The Bertz CT molecular complexity index is 960. The van der Waals surface area contributed by atoms with E-state index in [-0.39, 0.29) is 24.1 Å². The summed E-state index contributed by atoms with van der Waals surface area (Å²) in [7, 11) is 0. The van der Waals surface area contributed by atoms with Gasteiger partial charge in [-0.25, -0.2) is 5.53 Å². The van der Waals surface area contributed by atoms with E-state index in [0.717, 1.165) is 5.56 Å². The van der Waals surface area contributed by atoms with Crippen molar-refractivity contribution in [2.24, 2.45) is 10.1 Å². The number of halogens is 1. The lowest BCUT2D eigenvalue weighted by atomic mass is 10.2. The van der Waals surface area contributed by atoms with Gasteiger partial charge in [0.2, 0.25) is 0 Å². The SMILES string of the molecule is C=Nc1cc(C)ccc1NN/N=C(\C=C\C)NC(=O)c1ccc(OCCO)c(Cl)c1. The number of hydrazine groups is 1. The van der Waals surface area contributed by atoms with E-state index in [9.17, 15) is 4.79 Å². The molecule has 0 atom stereocenters. The number of benzene rings is 2. The summed E-state index contributed by atoms with van der Waals surface area (Å²) in [6.45, 7) is 7.31. The van der Waals surface area contributed by atoms with Crippen LogP contribution in [0, 0.1) is 6.92 Å². The third-order valence-corrected chi connectivity index (χ3v) is 4.09. The van der Waals surface area contributed by atoms with Crippen molar-refractivity contribution < 1.29 is 14.6 Å². The van der Waals surface area contributed by atoms with Crippen molar-refractivity contribution in [3.05, 3.63) is 64.7 Å². The number of allylic oxidation sites excluding steroid dienone is 1. The monoisotopic (exact) mass is 429 g/mol. The first kappa shape index (κ1) is 22.9. The molecule has 0 radical (unpaired) electrons. The number of nitrogens with one attached hydrogen (secondary N) is 3. The van der Waals surface area contributed by atoms with Gasteiger partial charge < -0.3 is 15.2 Å². The zero-order valence-electron chi connectivity index (χ0n) is 16.8. The lowest BCUT2D eigenvalue weighted by molar-refractivity contribution is 0.0977. The van der Waals surface area contributed by atoms with E-state index in [4.69, 9.17) is 21.4 Å².